The molecule has 15 heavy (non-hydrogen) atoms. The zero-order chi connectivity index (χ0) is 11.1. The SMILES string of the molecule is CCOCCS(=O)(=O)N1CCCCCC1. The van der Waals surface area contributed by atoms with Crippen LogP contribution in [-0.4, -0.2) is 44.8 Å². The lowest BCUT2D eigenvalue weighted by atomic mass is 10.2. The Morgan fingerprint density at radius 2 is 1.73 bits per heavy atom. The molecule has 1 rings (SSSR count). The van der Waals surface area contributed by atoms with Crippen LogP contribution in [0.15, 0.2) is 0 Å². The number of hydrogen-bond donors (Lipinski definition) is 0. The molecule has 1 heterocycles. The van der Waals surface area contributed by atoms with E-state index in [0.717, 1.165) is 25.7 Å². The summed E-state index contributed by atoms with van der Waals surface area (Å²) in [6.45, 7) is 4.15. The van der Waals surface area contributed by atoms with Crippen molar-refractivity contribution in [3.8, 4) is 0 Å². The van der Waals surface area contributed by atoms with E-state index in [0.29, 0.717) is 26.3 Å². The van der Waals surface area contributed by atoms with Gasteiger partial charge in [0.25, 0.3) is 0 Å². The van der Waals surface area contributed by atoms with E-state index < -0.39 is 10.0 Å². The predicted octanol–water partition coefficient (Wildman–Crippen LogP) is 1.23. The Kier molecular flexibility index (Phi) is 5.56. The van der Waals surface area contributed by atoms with Gasteiger partial charge in [-0.2, -0.15) is 0 Å². The fraction of sp³-hybridized carbons (Fsp3) is 1.00. The van der Waals surface area contributed by atoms with Gasteiger partial charge in [-0.15, -0.1) is 0 Å². The van der Waals surface area contributed by atoms with E-state index in [1.54, 1.807) is 4.31 Å². The normalized spacial score (nSPS) is 20.1. The van der Waals surface area contributed by atoms with E-state index in [-0.39, 0.29) is 5.75 Å². The average Bonchev–Trinajstić information content (AvgIpc) is 2.46. The van der Waals surface area contributed by atoms with Crippen LogP contribution in [-0.2, 0) is 14.8 Å². The van der Waals surface area contributed by atoms with Crippen LogP contribution in [0, 0.1) is 0 Å². The third-order valence-corrected chi connectivity index (χ3v) is 4.48. The van der Waals surface area contributed by atoms with Gasteiger partial charge in [-0.3, -0.25) is 0 Å². The van der Waals surface area contributed by atoms with Crippen molar-refractivity contribution in [2.75, 3.05) is 32.1 Å². The molecule has 1 fully saturated rings. The summed E-state index contributed by atoms with van der Waals surface area (Å²) >= 11 is 0. The number of rotatable bonds is 5. The highest BCUT2D eigenvalue weighted by molar-refractivity contribution is 7.89. The van der Waals surface area contributed by atoms with Crippen LogP contribution in [0.2, 0.25) is 0 Å². The molecule has 0 atom stereocenters. The molecule has 0 bridgehead atoms. The van der Waals surface area contributed by atoms with Gasteiger partial charge < -0.3 is 4.74 Å². The van der Waals surface area contributed by atoms with Gasteiger partial charge in [-0.1, -0.05) is 12.8 Å². The second-order valence-corrected chi connectivity index (χ2v) is 5.91. The topological polar surface area (TPSA) is 46.6 Å². The standard InChI is InChI=1S/C10H21NO3S/c1-2-14-9-10-15(12,13)11-7-5-3-4-6-8-11/h2-10H2,1H3. The summed E-state index contributed by atoms with van der Waals surface area (Å²) in [5, 5.41) is 0. The van der Waals surface area contributed by atoms with Crippen LogP contribution in [0.25, 0.3) is 0 Å². The molecular weight excluding hydrogens is 214 g/mol. The Hall–Kier alpha value is -0.130. The molecule has 90 valence electrons. The lowest BCUT2D eigenvalue weighted by molar-refractivity contribution is 0.162. The third-order valence-electron chi connectivity index (χ3n) is 2.65. The maximum Gasteiger partial charge on any atom is 0.216 e. The van der Waals surface area contributed by atoms with Crippen LogP contribution in [0.3, 0.4) is 0 Å². The van der Waals surface area contributed by atoms with E-state index >= 15 is 0 Å². The smallest absolute Gasteiger partial charge is 0.216 e. The quantitative estimate of drug-likeness (QED) is 0.673. The highest BCUT2D eigenvalue weighted by Gasteiger charge is 2.22. The van der Waals surface area contributed by atoms with Gasteiger partial charge in [-0.25, -0.2) is 12.7 Å². The van der Waals surface area contributed by atoms with Gasteiger partial charge in [-0.05, 0) is 19.8 Å². The maximum atomic E-state index is 11.9. The highest BCUT2D eigenvalue weighted by Crippen LogP contribution is 2.13. The zero-order valence-electron chi connectivity index (χ0n) is 9.44. The molecule has 1 aliphatic rings. The molecule has 5 heteroatoms. The molecule has 0 aliphatic carbocycles. The minimum absolute atomic E-state index is 0.126. The molecule has 0 unspecified atom stereocenters. The summed E-state index contributed by atoms with van der Waals surface area (Å²) in [5.74, 6) is 0.126. The van der Waals surface area contributed by atoms with Crippen LogP contribution < -0.4 is 0 Å². The first-order valence-electron chi connectivity index (χ1n) is 5.72. The summed E-state index contributed by atoms with van der Waals surface area (Å²) in [5.41, 5.74) is 0. The van der Waals surface area contributed by atoms with Crippen molar-refractivity contribution in [3.05, 3.63) is 0 Å². The summed E-state index contributed by atoms with van der Waals surface area (Å²) in [7, 11) is -3.07. The molecule has 0 amide bonds. The first kappa shape index (κ1) is 12.9. The Morgan fingerprint density at radius 3 is 2.27 bits per heavy atom. The van der Waals surface area contributed by atoms with E-state index in [4.69, 9.17) is 4.74 Å². The molecule has 0 N–H and O–H groups in total. The van der Waals surface area contributed by atoms with E-state index in [1.807, 2.05) is 6.92 Å². The van der Waals surface area contributed by atoms with Crippen LogP contribution in [0.5, 0.6) is 0 Å². The minimum Gasteiger partial charge on any atom is -0.381 e. The molecule has 1 saturated heterocycles. The van der Waals surface area contributed by atoms with Gasteiger partial charge in [0.05, 0.1) is 12.4 Å². The van der Waals surface area contributed by atoms with Crippen molar-refractivity contribution in [2.24, 2.45) is 0 Å². The summed E-state index contributed by atoms with van der Waals surface area (Å²) < 4.78 is 30.4. The summed E-state index contributed by atoms with van der Waals surface area (Å²) in [6, 6.07) is 0. The highest BCUT2D eigenvalue weighted by atomic mass is 32.2. The molecule has 0 spiro atoms. The Labute approximate surface area is 92.7 Å². The fourth-order valence-corrected chi connectivity index (χ4v) is 3.16. The van der Waals surface area contributed by atoms with Crippen LogP contribution >= 0.6 is 0 Å². The molecule has 1 aliphatic heterocycles. The number of ether oxygens (including phenoxy) is 1. The van der Waals surface area contributed by atoms with E-state index in [2.05, 4.69) is 0 Å². The monoisotopic (exact) mass is 235 g/mol. The van der Waals surface area contributed by atoms with Crippen LogP contribution in [0.4, 0.5) is 0 Å². The van der Waals surface area contributed by atoms with Gasteiger partial charge in [0.15, 0.2) is 0 Å². The Balaban J connectivity index is 2.43. The summed E-state index contributed by atoms with van der Waals surface area (Å²) in [6.07, 6.45) is 4.29. The van der Waals surface area contributed by atoms with Crippen molar-refractivity contribution in [2.45, 2.75) is 32.6 Å². The van der Waals surface area contributed by atoms with Gasteiger partial charge in [0.1, 0.15) is 0 Å². The van der Waals surface area contributed by atoms with Gasteiger partial charge in [0.2, 0.25) is 10.0 Å². The Morgan fingerprint density at radius 1 is 1.13 bits per heavy atom. The molecule has 4 nitrogen and oxygen atoms in total. The first-order chi connectivity index (χ1) is 7.17. The molecule has 0 radical (unpaired) electrons. The average molecular weight is 235 g/mol. The summed E-state index contributed by atoms with van der Waals surface area (Å²) in [4.78, 5) is 0. The van der Waals surface area contributed by atoms with Crippen molar-refractivity contribution in [1.29, 1.82) is 0 Å². The van der Waals surface area contributed by atoms with Gasteiger partial charge in [0, 0.05) is 19.7 Å². The molecular formula is C10H21NO3S. The second-order valence-electron chi connectivity index (χ2n) is 3.83. The van der Waals surface area contributed by atoms with Crippen molar-refractivity contribution in [3.63, 3.8) is 0 Å². The fourth-order valence-electron chi connectivity index (χ4n) is 1.76. The number of sulfonamides is 1. The van der Waals surface area contributed by atoms with Crippen molar-refractivity contribution >= 4 is 10.0 Å². The van der Waals surface area contributed by atoms with E-state index in [9.17, 15) is 8.42 Å². The second kappa shape index (κ2) is 6.45. The van der Waals surface area contributed by atoms with E-state index in [1.165, 1.54) is 0 Å². The molecule has 0 aromatic heterocycles. The Bertz CT molecular complexity index is 256. The molecule has 0 aromatic rings. The predicted molar refractivity (Wildman–Crippen MR) is 60.3 cm³/mol. The number of hydrogen-bond acceptors (Lipinski definition) is 3. The third kappa shape index (κ3) is 4.49. The zero-order valence-corrected chi connectivity index (χ0v) is 10.3. The minimum atomic E-state index is -3.07. The lowest BCUT2D eigenvalue weighted by Crippen LogP contribution is -2.35. The lowest BCUT2D eigenvalue weighted by Gasteiger charge is -2.19. The molecule has 0 saturated carbocycles. The van der Waals surface area contributed by atoms with Crippen molar-refractivity contribution < 1.29 is 13.2 Å². The molecule has 0 aromatic carbocycles. The largest absolute Gasteiger partial charge is 0.381 e. The number of nitrogens with zero attached hydrogens (tertiary/aromatic N) is 1. The van der Waals surface area contributed by atoms with Crippen LogP contribution in [0.1, 0.15) is 32.6 Å². The van der Waals surface area contributed by atoms with Crippen molar-refractivity contribution in [1.82, 2.24) is 4.31 Å². The maximum absolute atomic E-state index is 11.9. The first-order valence-corrected chi connectivity index (χ1v) is 7.33. The van der Waals surface area contributed by atoms with Gasteiger partial charge >= 0.3 is 0 Å².